The van der Waals surface area contributed by atoms with Crippen LogP contribution in [0, 0.1) is 6.92 Å². The number of amides is 2. The minimum absolute atomic E-state index is 0.326. The van der Waals surface area contributed by atoms with Crippen LogP contribution in [0.4, 0.5) is 4.79 Å². The summed E-state index contributed by atoms with van der Waals surface area (Å²) in [7, 11) is 1.34. The third-order valence-electron chi connectivity index (χ3n) is 4.21. The van der Waals surface area contributed by atoms with Gasteiger partial charge in [-0.15, -0.1) is 23.1 Å². The van der Waals surface area contributed by atoms with Gasteiger partial charge in [0.1, 0.15) is 0 Å². The second kappa shape index (κ2) is 8.37. The van der Waals surface area contributed by atoms with Gasteiger partial charge in [-0.25, -0.2) is 9.59 Å². The largest absolute Gasteiger partial charge is 0.466 e. The van der Waals surface area contributed by atoms with Crippen molar-refractivity contribution in [2.24, 2.45) is 0 Å². The zero-order chi connectivity index (χ0) is 19.6. The summed E-state index contributed by atoms with van der Waals surface area (Å²) in [6.45, 7) is 3.75. The van der Waals surface area contributed by atoms with Gasteiger partial charge in [-0.2, -0.15) is 0 Å². The number of methoxy groups -OCH3 is 1. The fourth-order valence-corrected chi connectivity index (χ4v) is 5.09. The molecule has 1 aliphatic heterocycles. The van der Waals surface area contributed by atoms with E-state index >= 15 is 0 Å². The maximum atomic E-state index is 12.2. The van der Waals surface area contributed by atoms with Gasteiger partial charge in [-0.1, -0.05) is 11.6 Å². The Balaban J connectivity index is 1.83. The van der Waals surface area contributed by atoms with Crippen molar-refractivity contribution in [1.82, 2.24) is 10.6 Å². The number of hydrogen-bond acceptors (Lipinski definition) is 5. The summed E-state index contributed by atoms with van der Waals surface area (Å²) in [5.74, 6) is 0.340. The molecule has 8 heteroatoms. The summed E-state index contributed by atoms with van der Waals surface area (Å²) in [4.78, 5) is 27.3. The smallest absolute Gasteiger partial charge is 0.338 e. The van der Waals surface area contributed by atoms with E-state index in [1.807, 2.05) is 31.2 Å². The van der Waals surface area contributed by atoms with Crippen molar-refractivity contribution >= 4 is 46.7 Å². The molecule has 0 saturated heterocycles. The first kappa shape index (κ1) is 19.8. The van der Waals surface area contributed by atoms with Crippen molar-refractivity contribution in [2.45, 2.75) is 30.5 Å². The molecule has 0 aliphatic carbocycles. The summed E-state index contributed by atoms with van der Waals surface area (Å²) in [5, 5.41) is 6.18. The van der Waals surface area contributed by atoms with Crippen LogP contribution in [0.25, 0.3) is 0 Å². The number of carbonyl (C=O) groups is 2. The fraction of sp³-hybridized carbons (Fsp3) is 0.263. The van der Waals surface area contributed by atoms with E-state index in [2.05, 4.69) is 16.7 Å². The maximum Gasteiger partial charge on any atom is 0.338 e. The van der Waals surface area contributed by atoms with Gasteiger partial charge in [0, 0.05) is 31.1 Å². The number of allylic oxidation sites excluding steroid dienone is 1. The molecule has 142 valence electrons. The molecule has 0 spiro atoms. The third kappa shape index (κ3) is 4.48. The number of aryl methyl sites for hydroxylation is 1. The van der Waals surface area contributed by atoms with E-state index in [9.17, 15) is 9.59 Å². The van der Waals surface area contributed by atoms with Crippen molar-refractivity contribution < 1.29 is 14.3 Å². The van der Waals surface area contributed by atoms with Crippen LogP contribution in [0.15, 0.2) is 46.5 Å². The molecule has 0 fully saturated rings. The number of benzene rings is 1. The topological polar surface area (TPSA) is 67.4 Å². The number of urea groups is 1. The molecule has 2 heterocycles. The molecule has 2 N–H and O–H groups in total. The van der Waals surface area contributed by atoms with E-state index in [1.54, 1.807) is 30.0 Å². The first-order chi connectivity index (χ1) is 12.9. The highest BCUT2D eigenvalue weighted by Crippen LogP contribution is 2.36. The summed E-state index contributed by atoms with van der Waals surface area (Å²) < 4.78 is 4.90. The van der Waals surface area contributed by atoms with Crippen LogP contribution in [0.2, 0.25) is 5.02 Å². The molecule has 1 unspecified atom stereocenters. The van der Waals surface area contributed by atoms with E-state index < -0.39 is 12.0 Å². The minimum atomic E-state index is -0.510. The minimum Gasteiger partial charge on any atom is -0.466 e. The van der Waals surface area contributed by atoms with Gasteiger partial charge in [-0.3, -0.25) is 0 Å². The zero-order valence-electron chi connectivity index (χ0n) is 15.1. The lowest BCUT2D eigenvalue weighted by Gasteiger charge is -2.26. The number of carbonyl (C=O) groups excluding carboxylic acids is 2. The van der Waals surface area contributed by atoms with E-state index in [4.69, 9.17) is 16.3 Å². The monoisotopic (exact) mass is 422 g/mol. The van der Waals surface area contributed by atoms with Crippen LogP contribution in [-0.4, -0.2) is 19.1 Å². The highest BCUT2D eigenvalue weighted by molar-refractivity contribution is 7.98. The molecule has 5 nitrogen and oxygen atoms in total. The Morgan fingerprint density at radius 1 is 1.30 bits per heavy atom. The molecule has 1 aromatic heterocycles. The molecule has 3 rings (SSSR count). The van der Waals surface area contributed by atoms with Crippen molar-refractivity contribution in [3.05, 3.63) is 61.9 Å². The predicted molar refractivity (Wildman–Crippen MR) is 109 cm³/mol. The van der Waals surface area contributed by atoms with Crippen molar-refractivity contribution in [3.63, 3.8) is 0 Å². The summed E-state index contributed by atoms with van der Waals surface area (Å²) >= 11 is 9.22. The van der Waals surface area contributed by atoms with Crippen LogP contribution in [0.3, 0.4) is 0 Å². The highest BCUT2D eigenvalue weighted by atomic mass is 35.5. The summed E-state index contributed by atoms with van der Waals surface area (Å²) in [6, 6.07) is 8.94. The second-order valence-corrected chi connectivity index (χ2v) is 8.81. The number of nitrogens with one attached hydrogen (secondary N) is 2. The molecule has 0 bridgehead atoms. The highest BCUT2D eigenvalue weighted by Gasteiger charge is 2.33. The van der Waals surface area contributed by atoms with E-state index in [0.29, 0.717) is 16.3 Å². The Bertz CT molecular complexity index is 906. The Labute approximate surface area is 171 Å². The molecule has 2 aromatic rings. The van der Waals surface area contributed by atoms with E-state index in [-0.39, 0.29) is 6.03 Å². The van der Waals surface area contributed by atoms with E-state index in [0.717, 1.165) is 20.4 Å². The molecule has 0 radical (unpaired) electrons. The van der Waals surface area contributed by atoms with Crippen molar-refractivity contribution in [3.8, 4) is 0 Å². The van der Waals surface area contributed by atoms with Crippen molar-refractivity contribution in [1.29, 1.82) is 0 Å². The van der Waals surface area contributed by atoms with Gasteiger partial charge in [0.2, 0.25) is 0 Å². The lowest BCUT2D eigenvalue weighted by molar-refractivity contribution is -0.136. The van der Waals surface area contributed by atoms with Gasteiger partial charge >= 0.3 is 12.0 Å². The number of rotatable bonds is 5. The van der Waals surface area contributed by atoms with Crippen LogP contribution in [-0.2, 0) is 15.3 Å². The number of hydrogen-bond donors (Lipinski definition) is 2. The molecule has 2 amide bonds. The average molecular weight is 423 g/mol. The number of esters is 1. The van der Waals surface area contributed by atoms with Crippen LogP contribution < -0.4 is 10.6 Å². The zero-order valence-corrected chi connectivity index (χ0v) is 17.5. The van der Waals surface area contributed by atoms with Gasteiger partial charge < -0.3 is 15.4 Å². The first-order valence-corrected chi connectivity index (χ1v) is 10.4. The summed E-state index contributed by atoms with van der Waals surface area (Å²) in [5.41, 5.74) is 2.11. The number of halogens is 1. The SMILES string of the molecule is COC(=O)C1=C(C)NC(=O)NC1c1cc(CSc2ccc(Cl)cc2)c(C)s1. The number of thiophene rings is 1. The third-order valence-corrected chi connectivity index (χ3v) is 6.68. The van der Waals surface area contributed by atoms with E-state index in [1.165, 1.54) is 12.7 Å². The quantitative estimate of drug-likeness (QED) is 0.536. The molecular weight excluding hydrogens is 404 g/mol. The van der Waals surface area contributed by atoms with Gasteiger partial charge in [0.25, 0.3) is 0 Å². The standard InChI is InChI=1S/C19H19ClN2O3S2/c1-10-16(18(23)25-3)17(22-19(24)21-10)15-8-12(11(2)27-15)9-26-14-6-4-13(20)5-7-14/h4-8,17H,9H2,1-3H3,(H2,21,22,24). The lowest BCUT2D eigenvalue weighted by Crippen LogP contribution is -2.45. The molecular formula is C19H19ClN2O3S2. The lowest BCUT2D eigenvalue weighted by atomic mass is 10.0. The predicted octanol–water partition coefficient (Wildman–Crippen LogP) is 4.80. The number of thioether (sulfide) groups is 1. The van der Waals surface area contributed by atoms with Crippen LogP contribution in [0.5, 0.6) is 0 Å². The van der Waals surface area contributed by atoms with Crippen LogP contribution >= 0.6 is 34.7 Å². The fourth-order valence-electron chi connectivity index (χ4n) is 2.81. The molecule has 27 heavy (non-hydrogen) atoms. The van der Waals surface area contributed by atoms with Gasteiger partial charge in [0.05, 0.1) is 18.7 Å². The molecule has 1 aromatic carbocycles. The Hall–Kier alpha value is -1.96. The first-order valence-electron chi connectivity index (χ1n) is 8.23. The Kier molecular flexibility index (Phi) is 6.14. The van der Waals surface area contributed by atoms with Gasteiger partial charge in [-0.05, 0) is 49.7 Å². The second-order valence-electron chi connectivity index (χ2n) is 6.03. The molecule has 0 saturated carbocycles. The van der Waals surface area contributed by atoms with Crippen molar-refractivity contribution in [2.75, 3.05) is 7.11 Å². The Morgan fingerprint density at radius 2 is 2.00 bits per heavy atom. The molecule has 1 aliphatic rings. The number of ether oxygens (including phenoxy) is 1. The van der Waals surface area contributed by atoms with Gasteiger partial charge in [0.15, 0.2) is 0 Å². The maximum absolute atomic E-state index is 12.2. The Morgan fingerprint density at radius 3 is 2.67 bits per heavy atom. The summed E-state index contributed by atoms with van der Waals surface area (Å²) in [6.07, 6.45) is 0. The average Bonchev–Trinajstić information content (AvgIpc) is 3.01. The van der Waals surface area contributed by atoms with Crippen LogP contribution in [0.1, 0.15) is 28.3 Å². The normalized spacial score (nSPS) is 16.7. The molecule has 1 atom stereocenters.